The molecule has 0 atom stereocenters. The molecule has 0 spiro atoms. The number of imide groups is 1. The van der Waals surface area contributed by atoms with E-state index in [-0.39, 0.29) is 10.2 Å². The molecule has 1 aromatic carbocycles. The van der Waals surface area contributed by atoms with Crippen molar-refractivity contribution in [3.8, 4) is 0 Å². The highest BCUT2D eigenvalue weighted by Crippen LogP contribution is 2.31. The number of nitrogens with zero attached hydrogens (tertiary/aromatic N) is 1. The Morgan fingerprint density at radius 1 is 1.04 bits per heavy atom. The summed E-state index contributed by atoms with van der Waals surface area (Å²) in [6.45, 7) is 10.1. The zero-order valence-corrected chi connectivity index (χ0v) is 18.1. The van der Waals surface area contributed by atoms with E-state index in [0.717, 1.165) is 4.90 Å². The predicted octanol–water partition coefficient (Wildman–Crippen LogP) is 5.87. The fourth-order valence-corrected chi connectivity index (χ4v) is 2.57. The molecular formula is C16H20BrFINO4. The van der Waals surface area contributed by atoms with E-state index < -0.39 is 29.2 Å². The van der Waals surface area contributed by atoms with Crippen LogP contribution in [0.15, 0.2) is 16.6 Å². The minimum absolute atomic E-state index is 0.120. The first-order chi connectivity index (χ1) is 10.7. The van der Waals surface area contributed by atoms with Gasteiger partial charge in [0.2, 0.25) is 0 Å². The van der Waals surface area contributed by atoms with Crippen LogP contribution in [0.2, 0.25) is 0 Å². The van der Waals surface area contributed by atoms with Gasteiger partial charge < -0.3 is 9.47 Å². The fraction of sp³-hybridized carbons (Fsp3) is 0.500. The molecule has 8 heteroatoms. The SMILES string of the molecule is CC(C)(C)OC(=O)N(C(=O)OC(C)(C)C)c1cc(Br)c(F)cc1I. The number of carbonyl (C=O) groups is 2. The summed E-state index contributed by atoms with van der Waals surface area (Å²) in [5.41, 5.74) is -1.44. The first-order valence-electron chi connectivity index (χ1n) is 7.12. The van der Waals surface area contributed by atoms with Crippen LogP contribution in [0.1, 0.15) is 41.5 Å². The number of benzene rings is 1. The molecule has 0 aliphatic rings. The number of anilines is 1. The van der Waals surface area contributed by atoms with Gasteiger partial charge >= 0.3 is 12.2 Å². The van der Waals surface area contributed by atoms with Gasteiger partial charge in [-0.2, -0.15) is 4.90 Å². The van der Waals surface area contributed by atoms with Crippen LogP contribution in [0.4, 0.5) is 19.7 Å². The van der Waals surface area contributed by atoms with E-state index in [2.05, 4.69) is 15.9 Å². The molecule has 5 nitrogen and oxygen atoms in total. The van der Waals surface area contributed by atoms with E-state index in [1.807, 2.05) is 22.6 Å². The fourth-order valence-electron chi connectivity index (χ4n) is 1.57. The van der Waals surface area contributed by atoms with Crippen molar-refractivity contribution in [2.45, 2.75) is 52.7 Å². The maximum Gasteiger partial charge on any atom is 0.424 e. The average molecular weight is 516 g/mol. The third-order valence-electron chi connectivity index (χ3n) is 2.38. The molecular weight excluding hydrogens is 496 g/mol. The summed E-state index contributed by atoms with van der Waals surface area (Å²) >= 11 is 4.90. The smallest absolute Gasteiger partial charge is 0.424 e. The molecule has 0 radical (unpaired) electrons. The Hall–Kier alpha value is -0.900. The van der Waals surface area contributed by atoms with Crippen molar-refractivity contribution < 1.29 is 23.5 Å². The van der Waals surface area contributed by atoms with Gasteiger partial charge in [-0.25, -0.2) is 14.0 Å². The van der Waals surface area contributed by atoms with E-state index in [9.17, 15) is 14.0 Å². The van der Waals surface area contributed by atoms with Crippen molar-refractivity contribution in [2.24, 2.45) is 0 Å². The summed E-state index contributed by atoms with van der Waals surface area (Å²) in [4.78, 5) is 25.8. The molecule has 0 fully saturated rings. The summed E-state index contributed by atoms with van der Waals surface area (Å²) < 4.78 is 24.7. The van der Waals surface area contributed by atoms with Crippen LogP contribution in [-0.2, 0) is 9.47 Å². The Bertz CT molecular complexity index is 625. The molecule has 0 heterocycles. The molecule has 0 unspecified atom stereocenters. The molecule has 134 valence electrons. The van der Waals surface area contributed by atoms with Crippen molar-refractivity contribution in [3.05, 3.63) is 26.0 Å². The maximum absolute atomic E-state index is 13.7. The van der Waals surface area contributed by atoms with Crippen LogP contribution in [0.3, 0.4) is 0 Å². The second kappa shape index (κ2) is 7.55. The third-order valence-corrected chi connectivity index (χ3v) is 3.85. The highest BCUT2D eigenvalue weighted by Gasteiger charge is 2.34. The van der Waals surface area contributed by atoms with Gasteiger partial charge in [-0.3, -0.25) is 0 Å². The normalized spacial score (nSPS) is 11.9. The number of halogens is 3. The Morgan fingerprint density at radius 3 is 1.83 bits per heavy atom. The molecule has 0 N–H and O–H groups in total. The molecule has 0 saturated carbocycles. The first-order valence-corrected chi connectivity index (χ1v) is 8.99. The number of hydrogen-bond acceptors (Lipinski definition) is 4. The van der Waals surface area contributed by atoms with Gasteiger partial charge in [0.25, 0.3) is 0 Å². The van der Waals surface area contributed by atoms with E-state index in [0.29, 0.717) is 3.57 Å². The lowest BCUT2D eigenvalue weighted by molar-refractivity contribution is 0.0430. The minimum atomic E-state index is -0.895. The number of carbonyl (C=O) groups excluding carboxylic acids is 2. The maximum atomic E-state index is 13.7. The summed E-state index contributed by atoms with van der Waals surface area (Å²) in [5.74, 6) is -0.503. The standard InChI is InChI=1S/C16H20BrFINO4/c1-15(2,3)23-13(21)20(14(22)24-16(4,5)6)12-7-9(17)10(18)8-11(12)19/h7-8H,1-6H3. The molecule has 24 heavy (non-hydrogen) atoms. The monoisotopic (exact) mass is 515 g/mol. The van der Waals surface area contributed by atoms with E-state index in [1.165, 1.54) is 12.1 Å². The van der Waals surface area contributed by atoms with Crippen LogP contribution in [-0.4, -0.2) is 23.4 Å². The van der Waals surface area contributed by atoms with Crippen molar-refractivity contribution in [1.82, 2.24) is 0 Å². The van der Waals surface area contributed by atoms with E-state index in [1.54, 1.807) is 41.5 Å². The van der Waals surface area contributed by atoms with Crippen LogP contribution < -0.4 is 4.90 Å². The molecule has 2 amide bonds. The largest absolute Gasteiger partial charge is 0.443 e. The van der Waals surface area contributed by atoms with E-state index in [4.69, 9.17) is 9.47 Å². The van der Waals surface area contributed by atoms with Crippen LogP contribution in [0, 0.1) is 9.39 Å². The summed E-state index contributed by atoms with van der Waals surface area (Å²) in [6.07, 6.45) is -1.79. The molecule has 0 aromatic heterocycles. The third kappa shape index (κ3) is 6.19. The number of ether oxygens (including phenoxy) is 2. The number of hydrogen-bond donors (Lipinski definition) is 0. The van der Waals surface area contributed by atoms with Gasteiger partial charge in [-0.05, 0) is 92.2 Å². The topological polar surface area (TPSA) is 55.8 Å². The highest BCUT2D eigenvalue weighted by atomic mass is 127. The first kappa shape index (κ1) is 21.1. The Kier molecular flexibility index (Phi) is 6.65. The van der Waals surface area contributed by atoms with Crippen molar-refractivity contribution >= 4 is 56.4 Å². The molecule has 1 aromatic rings. The summed E-state index contributed by atoms with van der Waals surface area (Å²) in [7, 11) is 0. The average Bonchev–Trinajstić information content (AvgIpc) is 2.31. The second-order valence-electron chi connectivity index (χ2n) is 7.01. The molecule has 0 aliphatic heterocycles. The van der Waals surface area contributed by atoms with Gasteiger partial charge in [-0.1, -0.05) is 0 Å². The zero-order valence-electron chi connectivity index (χ0n) is 14.4. The van der Waals surface area contributed by atoms with Gasteiger partial charge in [0.15, 0.2) is 0 Å². The minimum Gasteiger partial charge on any atom is -0.443 e. The van der Waals surface area contributed by atoms with Gasteiger partial charge in [0, 0.05) is 3.57 Å². The van der Waals surface area contributed by atoms with Gasteiger partial charge in [-0.15, -0.1) is 0 Å². The highest BCUT2D eigenvalue weighted by molar-refractivity contribution is 14.1. The van der Waals surface area contributed by atoms with Crippen LogP contribution >= 0.6 is 38.5 Å². The summed E-state index contributed by atoms with van der Waals surface area (Å²) in [6, 6.07) is 2.55. The molecule has 1 rings (SSSR count). The molecule has 0 saturated heterocycles. The van der Waals surface area contributed by atoms with Crippen LogP contribution in [0.5, 0.6) is 0 Å². The Labute approximate surface area is 163 Å². The lowest BCUT2D eigenvalue weighted by atomic mass is 10.2. The second-order valence-corrected chi connectivity index (χ2v) is 9.03. The molecule has 0 aliphatic carbocycles. The van der Waals surface area contributed by atoms with Crippen molar-refractivity contribution in [1.29, 1.82) is 0 Å². The molecule has 0 bridgehead atoms. The van der Waals surface area contributed by atoms with Gasteiger partial charge in [0.1, 0.15) is 17.0 Å². The Balaban J connectivity index is 3.36. The van der Waals surface area contributed by atoms with Crippen molar-refractivity contribution in [3.63, 3.8) is 0 Å². The predicted molar refractivity (Wildman–Crippen MR) is 102 cm³/mol. The zero-order chi connectivity index (χ0) is 18.9. The van der Waals surface area contributed by atoms with Crippen LogP contribution in [0.25, 0.3) is 0 Å². The van der Waals surface area contributed by atoms with Gasteiger partial charge in [0.05, 0.1) is 10.2 Å². The summed E-state index contributed by atoms with van der Waals surface area (Å²) in [5, 5.41) is 0. The van der Waals surface area contributed by atoms with E-state index >= 15 is 0 Å². The quantitative estimate of drug-likeness (QED) is 0.346. The lowest BCUT2D eigenvalue weighted by Gasteiger charge is -2.29. The van der Waals surface area contributed by atoms with Crippen molar-refractivity contribution in [2.75, 3.05) is 4.90 Å². The lowest BCUT2D eigenvalue weighted by Crippen LogP contribution is -2.44. The number of rotatable bonds is 1. The Morgan fingerprint density at radius 2 is 1.46 bits per heavy atom. The number of amides is 2.